The molecule has 1 saturated carbocycles. The Labute approximate surface area is 81.8 Å². The van der Waals surface area contributed by atoms with Crippen molar-refractivity contribution in [2.24, 2.45) is 5.41 Å². The van der Waals surface area contributed by atoms with Crippen molar-refractivity contribution >= 4 is 12.6 Å². The van der Waals surface area contributed by atoms with E-state index in [1.54, 1.807) is 0 Å². The molecule has 1 aliphatic rings. The van der Waals surface area contributed by atoms with Gasteiger partial charge in [0, 0.05) is 4.75 Å². The molecule has 1 heteroatoms. The Morgan fingerprint density at radius 2 is 1.75 bits per heavy atom. The lowest BCUT2D eigenvalue weighted by molar-refractivity contribution is 0.252. The molecule has 0 N–H and O–H groups in total. The van der Waals surface area contributed by atoms with Crippen LogP contribution in [0.15, 0.2) is 12.7 Å². The molecule has 0 aromatic heterocycles. The van der Waals surface area contributed by atoms with E-state index in [-0.39, 0.29) is 10.2 Å². The first-order chi connectivity index (χ1) is 5.52. The van der Waals surface area contributed by atoms with Crippen LogP contribution in [0.3, 0.4) is 0 Å². The Kier molecular flexibility index (Phi) is 2.92. The second-order valence-corrected chi connectivity index (χ2v) is 5.37. The summed E-state index contributed by atoms with van der Waals surface area (Å²) in [6.07, 6.45) is 8.60. The molecular weight excluding hydrogens is 164 g/mol. The lowest BCUT2D eigenvalue weighted by Gasteiger charge is -2.44. The summed E-state index contributed by atoms with van der Waals surface area (Å²) in [5.41, 5.74) is 0.177. The summed E-state index contributed by atoms with van der Waals surface area (Å²) in [6, 6.07) is 0. The van der Waals surface area contributed by atoms with Crippen LogP contribution in [-0.2, 0) is 0 Å². The molecule has 0 amide bonds. The zero-order valence-corrected chi connectivity index (χ0v) is 9.16. The summed E-state index contributed by atoms with van der Waals surface area (Å²) < 4.78 is 0.201. The van der Waals surface area contributed by atoms with Crippen molar-refractivity contribution in [1.82, 2.24) is 0 Å². The number of thiol groups is 1. The fourth-order valence-corrected chi connectivity index (χ4v) is 2.38. The van der Waals surface area contributed by atoms with Gasteiger partial charge in [-0.2, -0.15) is 12.6 Å². The molecule has 0 atom stereocenters. The molecule has 0 aromatic carbocycles. The molecule has 0 saturated heterocycles. The van der Waals surface area contributed by atoms with Gasteiger partial charge in [0.2, 0.25) is 0 Å². The number of hydrogen-bond donors (Lipinski definition) is 1. The van der Waals surface area contributed by atoms with Gasteiger partial charge in [0.05, 0.1) is 0 Å². The van der Waals surface area contributed by atoms with Crippen LogP contribution in [0.2, 0.25) is 0 Å². The molecule has 1 fully saturated rings. The Balaban J connectivity index is 2.74. The van der Waals surface area contributed by atoms with Crippen LogP contribution in [0.25, 0.3) is 0 Å². The second-order valence-electron chi connectivity index (χ2n) is 4.52. The van der Waals surface area contributed by atoms with Gasteiger partial charge in [0.1, 0.15) is 0 Å². The van der Waals surface area contributed by atoms with Gasteiger partial charge in [0.25, 0.3) is 0 Å². The van der Waals surface area contributed by atoms with Crippen molar-refractivity contribution in [2.75, 3.05) is 0 Å². The van der Waals surface area contributed by atoms with E-state index in [4.69, 9.17) is 12.6 Å². The third-order valence-corrected chi connectivity index (χ3v) is 4.41. The van der Waals surface area contributed by atoms with Crippen molar-refractivity contribution in [3.05, 3.63) is 12.7 Å². The summed E-state index contributed by atoms with van der Waals surface area (Å²) in [7, 11) is 0. The third kappa shape index (κ3) is 1.71. The molecule has 0 aromatic rings. The van der Waals surface area contributed by atoms with Crippen LogP contribution in [0.1, 0.15) is 46.0 Å². The van der Waals surface area contributed by atoms with Crippen molar-refractivity contribution in [3.8, 4) is 0 Å². The van der Waals surface area contributed by atoms with Gasteiger partial charge < -0.3 is 0 Å². The fourth-order valence-electron chi connectivity index (χ4n) is 1.97. The quantitative estimate of drug-likeness (QED) is 0.489. The van der Waals surface area contributed by atoms with Crippen molar-refractivity contribution in [2.45, 2.75) is 50.7 Å². The van der Waals surface area contributed by atoms with Gasteiger partial charge in [-0.25, -0.2) is 0 Å². The summed E-state index contributed by atoms with van der Waals surface area (Å²) in [5, 5.41) is 0. The smallest absolute Gasteiger partial charge is 0.0215 e. The maximum absolute atomic E-state index is 4.84. The predicted molar refractivity (Wildman–Crippen MR) is 58.8 cm³/mol. The molecule has 0 heterocycles. The SMILES string of the molecule is C=CC(C)(C)C1(S)CCCCC1. The van der Waals surface area contributed by atoms with E-state index in [9.17, 15) is 0 Å². The molecule has 0 radical (unpaired) electrons. The Morgan fingerprint density at radius 1 is 1.25 bits per heavy atom. The molecule has 0 unspecified atom stereocenters. The minimum atomic E-state index is 0.177. The maximum atomic E-state index is 4.84. The van der Waals surface area contributed by atoms with Crippen LogP contribution < -0.4 is 0 Å². The van der Waals surface area contributed by atoms with Gasteiger partial charge in [-0.05, 0) is 18.3 Å². The first kappa shape index (κ1) is 10.2. The van der Waals surface area contributed by atoms with Crippen LogP contribution in [0.5, 0.6) is 0 Å². The average molecular weight is 184 g/mol. The largest absolute Gasteiger partial charge is 0.172 e. The fraction of sp³-hybridized carbons (Fsp3) is 0.818. The predicted octanol–water partition coefficient (Wildman–Crippen LogP) is 3.83. The Bertz CT molecular complexity index is 164. The highest BCUT2D eigenvalue weighted by Crippen LogP contribution is 2.47. The molecule has 1 aliphatic carbocycles. The van der Waals surface area contributed by atoms with Crippen LogP contribution in [0, 0.1) is 5.41 Å². The summed E-state index contributed by atoms with van der Waals surface area (Å²) >= 11 is 4.84. The highest BCUT2D eigenvalue weighted by atomic mass is 32.1. The van der Waals surface area contributed by atoms with E-state index in [2.05, 4.69) is 26.5 Å². The highest BCUT2D eigenvalue weighted by molar-refractivity contribution is 7.81. The van der Waals surface area contributed by atoms with E-state index in [0.717, 1.165) is 0 Å². The number of allylic oxidation sites excluding steroid dienone is 1. The molecule has 0 nitrogen and oxygen atoms in total. The van der Waals surface area contributed by atoms with Crippen LogP contribution >= 0.6 is 12.6 Å². The van der Waals surface area contributed by atoms with Gasteiger partial charge >= 0.3 is 0 Å². The molecule has 0 bridgehead atoms. The number of rotatable bonds is 2. The highest BCUT2D eigenvalue weighted by Gasteiger charge is 2.40. The lowest BCUT2D eigenvalue weighted by Crippen LogP contribution is -2.39. The first-order valence-electron chi connectivity index (χ1n) is 4.88. The molecule has 0 spiro atoms. The summed E-state index contributed by atoms with van der Waals surface area (Å²) in [4.78, 5) is 0. The van der Waals surface area contributed by atoms with Crippen molar-refractivity contribution in [1.29, 1.82) is 0 Å². The maximum Gasteiger partial charge on any atom is 0.0215 e. The van der Waals surface area contributed by atoms with E-state index >= 15 is 0 Å². The molecule has 0 aliphatic heterocycles. The van der Waals surface area contributed by atoms with E-state index in [1.165, 1.54) is 32.1 Å². The minimum Gasteiger partial charge on any atom is -0.172 e. The van der Waals surface area contributed by atoms with Crippen LogP contribution in [0.4, 0.5) is 0 Å². The van der Waals surface area contributed by atoms with Crippen LogP contribution in [-0.4, -0.2) is 4.75 Å². The Morgan fingerprint density at radius 3 is 2.17 bits per heavy atom. The monoisotopic (exact) mass is 184 g/mol. The molecule has 1 rings (SSSR count). The van der Waals surface area contributed by atoms with Gasteiger partial charge in [-0.3, -0.25) is 0 Å². The summed E-state index contributed by atoms with van der Waals surface area (Å²) in [5.74, 6) is 0. The standard InChI is InChI=1S/C11H20S/c1-4-10(2,3)11(12)8-6-5-7-9-11/h4,12H,1,5-9H2,2-3H3. The van der Waals surface area contributed by atoms with Gasteiger partial charge in [-0.1, -0.05) is 39.2 Å². The average Bonchev–Trinajstić information content (AvgIpc) is 2.06. The Hall–Kier alpha value is 0.0900. The number of hydrogen-bond acceptors (Lipinski definition) is 1. The zero-order valence-electron chi connectivity index (χ0n) is 8.27. The first-order valence-corrected chi connectivity index (χ1v) is 5.32. The topological polar surface area (TPSA) is 0 Å². The summed E-state index contributed by atoms with van der Waals surface area (Å²) in [6.45, 7) is 8.40. The normalized spacial score (nSPS) is 23.6. The van der Waals surface area contributed by atoms with Crippen molar-refractivity contribution in [3.63, 3.8) is 0 Å². The van der Waals surface area contributed by atoms with Gasteiger partial charge in [0.15, 0.2) is 0 Å². The third-order valence-electron chi connectivity index (χ3n) is 3.39. The zero-order chi connectivity index (χ0) is 9.24. The molecule has 12 heavy (non-hydrogen) atoms. The molecular formula is C11H20S. The van der Waals surface area contributed by atoms with E-state index in [1.807, 2.05) is 0 Å². The van der Waals surface area contributed by atoms with Crippen molar-refractivity contribution < 1.29 is 0 Å². The van der Waals surface area contributed by atoms with E-state index in [0.29, 0.717) is 0 Å². The minimum absolute atomic E-state index is 0.177. The second kappa shape index (κ2) is 3.45. The van der Waals surface area contributed by atoms with E-state index < -0.39 is 0 Å². The molecule has 70 valence electrons. The van der Waals surface area contributed by atoms with Gasteiger partial charge in [-0.15, -0.1) is 6.58 Å². The lowest BCUT2D eigenvalue weighted by atomic mass is 9.70.